The van der Waals surface area contributed by atoms with Gasteiger partial charge in [-0.05, 0) is 71.0 Å². The topological polar surface area (TPSA) is 78.7 Å². The Kier molecular flexibility index (Phi) is 5.81. The highest BCUT2D eigenvalue weighted by atomic mass is 16.5. The predicted molar refractivity (Wildman–Crippen MR) is 132 cm³/mol. The highest BCUT2D eigenvalue weighted by Gasteiger charge is 2.23. The van der Waals surface area contributed by atoms with Crippen LogP contribution in [0, 0.1) is 13.8 Å². The Morgan fingerprint density at radius 1 is 0.971 bits per heavy atom. The number of hydrogen-bond acceptors (Lipinski definition) is 5. The standard InChI is InChI=1S/C25H32N6O3/c1-5-34-20-11-9-19(10-12-20)30-17(2)18(3)31-21-22(26-24(30)31)27(4)25(33)29(23(21)32)16-15-28-13-7-6-8-14-28/h9-12H,5-8,13-16H2,1-4H3. The van der Waals surface area contributed by atoms with Crippen LogP contribution in [-0.4, -0.2) is 54.2 Å². The summed E-state index contributed by atoms with van der Waals surface area (Å²) in [6.45, 7) is 9.70. The van der Waals surface area contributed by atoms with Crippen molar-refractivity contribution in [2.45, 2.75) is 46.6 Å². The van der Waals surface area contributed by atoms with Crippen LogP contribution >= 0.6 is 0 Å². The summed E-state index contributed by atoms with van der Waals surface area (Å²) < 4.78 is 12.4. The van der Waals surface area contributed by atoms with Crippen LogP contribution in [-0.2, 0) is 13.6 Å². The fraction of sp³-hybridized carbons (Fsp3) is 0.480. The lowest BCUT2D eigenvalue weighted by Gasteiger charge is -2.26. The Hall–Kier alpha value is -3.33. The Morgan fingerprint density at radius 3 is 2.35 bits per heavy atom. The van der Waals surface area contributed by atoms with Gasteiger partial charge in [0, 0.05) is 37.2 Å². The maximum absolute atomic E-state index is 13.6. The Balaban J connectivity index is 1.65. The van der Waals surface area contributed by atoms with Crippen molar-refractivity contribution in [3.63, 3.8) is 0 Å². The maximum Gasteiger partial charge on any atom is 0.332 e. The molecule has 0 bridgehead atoms. The van der Waals surface area contributed by atoms with E-state index < -0.39 is 0 Å². The number of piperidine rings is 1. The second-order valence-corrected chi connectivity index (χ2v) is 9.05. The zero-order valence-electron chi connectivity index (χ0n) is 20.4. The molecule has 0 spiro atoms. The van der Waals surface area contributed by atoms with Crippen molar-refractivity contribution in [1.82, 2.24) is 28.0 Å². The lowest BCUT2D eigenvalue weighted by Crippen LogP contribution is -2.43. The number of aryl methyl sites for hydroxylation is 2. The normalized spacial score (nSPS) is 14.9. The molecule has 1 fully saturated rings. The van der Waals surface area contributed by atoms with Gasteiger partial charge in [-0.15, -0.1) is 0 Å². The summed E-state index contributed by atoms with van der Waals surface area (Å²) in [6, 6.07) is 7.81. The Morgan fingerprint density at radius 2 is 1.68 bits per heavy atom. The number of benzene rings is 1. The SMILES string of the molecule is CCOc1ccc(-n2c(C)c(C)n3c4c(=O)n(CCN5CCCCC5)c(=O)n(C)c4nc23)cc1. The van der Waals surface area contributed by atoms with Gasteiger partial charge in [0.15, 0.2) is 11.2 Å². The van der Waals surface area contributed by atoms with Crippen molar-refractivity contribution in [1.29, 1.82) is 0 Å². The first kappa shape index (κ1) is 22.5. The maximum atomic E-state index is 13.6. The van der Waals surface area contributed by atoms with Crippen LogP contribution in [0.1, 0.15) is 37.6 Å². The van der Waals surface area contributed by atoms with Gasteiger partial charge >= 0.3 is 5.69 Å². The van der Waals surface area contributed by atoms with Crippen LogP contribution < -0.4 is 16.0 Å². The van der Waals surface area contributed by atoms with Gasteiger partial charge in [0.1, 0.15) is 5.75 Å². The molecule has 4 heterocycles. The Labute approximate surface area is 197 Å². The quantitative estimate of drug-likeness (QED) is 0.438. The molecule has 5 rings (SSSR count). The van der Waals surface area contributed by atoms with E-state index in [1.807, 2.05) is 54.0 Å². The molecule has 0 atom stereocenters. The number of ether oxygens (including phenoxy) is 1. The molecule has 1 aliphatic heterocycles. The van der Waals surface area contributed by atoms with E-state index in [9.17, 15) is 9.59 Å². The number of fused-ring (bicyclic) bond motifs is 3. The molecule has 1 aliphatic rings. The first-order valence-corrected chi connectivity index (χ1v) is 12.1. The van der Waals surface area contributed by atoms with Gasteiger partial charge in [-0.1, -0.05) is 6.42 Å². The zero-order chi connectivity index (χ0) is 24.0. The third-order valence-electron chi connectivity index (χ3n) is 7.01. The van der Waals surface area contributed by atoms with Gasteiger partial charge in [0.05, 0.1) is 6.61 Å². The molecule has 1 saturated heterocycles. The number of rotatable bonds is 6. The van der Waals surface area contributed by atoms with E-state index in [4.69, 9.17) is 9.72 Å². The number of nitrogens with zero attached hydrogens (tertiary/aromatic N) is 6. The first-order valence-electron chi connectivity index (χ1n) is 12.1. The monoisotopic (exact) mass is 464 g/mol. The van der Waals surface area contributed by atoms with Gasteiger partial charge in [0.2, 0.25) is 5.78 Å². The molecule has 0 aliphatic carbocycles. The summed E-state index contributed by atoms with van der Waals surface area (Å²) in [5.41, 5.74) is 3.08. The van der Waals surface area contributed by atoms with E-state index in [-0.39, 0.29) is 11.2 Å². The number of hydrogen-bond donors (Lipinski definition) is 0. The number of likely N-dealkylation sites (tertiary alicyclic amines) is 1. The minimum Gasteiger partial charge on any atom is -0.494 e. The summed E-state index contributed by atoms with van der Waals surface area (Å²) in [5, 5.41) is 0. The molecule has 180 valence electrons. The molecule has 4 aromatic rings. The van der Waals surface area contributed by atoms with Crippen molar-refractivity contribution >= 4 is 16.9 Å². The third kappa shape index (κ3) is 3.55. The van der Waals surface area contributed by atoms with Gasteiger partial charge in [-0.3, -0.25) is 22.9 Å². The van der Waals surface area contributed by atoms with E-state index in [0.29, 0.717) is 36.6 Å². The van der Waals surface area contributed by atoms with Crippen LogP contribution in [0.25, 0.3) is 22.6 Å². The molecule has 9 nitrogen and oxygen atoms in total. The molecule has 0 N–H and O–H groups in total. The fourth-order valence-electron chi connectivity index (χ4n) is 5.04. The van der Waals surface area contributed by atoms with E-state index in [0.717, 1.165) is 35.9 Å². The van der Waals surface area contributed by atoms with Gasteiger partial charge in [0.25, 0.3) is 5.56 Å². The highest BCUT2D eigenvalue weighted by Crippen LogP contribution is 2.25. The minimum absolute atomic E-state index is 0.283. The van der Waals surface area contributed by atoms with Crippen molar-refractivity contribution in [2.75, 3.05) is 26.2 Å². The fourth-order valence-corrected chi connectivity index (χ4v) is 5.04. The average Bonchev–Trinajstić information content (AvgIpc) is 3.34. The molecule has 1 aromatic carbocycles. The van der Waals surface area contributed by atoms with Crippen LogP contribution in [0.5, 0.6) is 5.75 Å². The van der Waals surface area contributed by atoms with E-state index in [1.54, 1.807) is 7.05 Å². The summed E-state index contributed by atoms with van der Waals surface area (Å²) in [7, 11) is 1.69. The van der Waals surface area contributed by atoms with E-state index in [1.165, 1.54) is 28.4 Å². The molecule has 0 radical (unpaired) electrons. The molecule has 3 aromatic heterocycles. The second-order valence-electron chi connectivity index (χ2n) is 9.05. The van der Waals surface area contributed by atoms with Crippen LogP contribution in [0.3, 0.4) is 0 Å². The largest absolute Gasteiger partial charge is 0.494 e. The lowest BCUT2D eigenvalue weighted by molar-refractivity contribution is 0.218. The minimum atomic E-state index is -0.322. The number of aromatic nitrogens is 5. The van der Waals surface area contributed by atoms with Crippen LogP contribution in [0.15, 0.2) is 33.9 Å². The van der Waals surface area contributed by atoms with Crippen molar-refractivity contribution in [3.8, 4) is 11.4 Å². The first-order chi connectivity index (χ1) is 16.4. The van der Waals surface area contributed by atoms with E-state index in [2.05, 4.69) is 4.90 Å². The van der Waals surface area contributed by atoms with Gasteiger partial charge in [-0.25, -0.2) is 4.79 Å². The Bertz CT molecular complexity index is 1470. The molecular formula is C25H32N6O3. The summed E-state index contributed by atoms with van der Waals surface area (Å²) in [4.78, 5) is 33.9. The molecule has 0 saturated carbocycles. The molecule has 0 unspecified atom stereocenters. The van der Waals surface area contributed by atoms with Gasteiger partial charge in [-0.2, -0.15) is 4.98 Å². The molecule has 34 heavy (non-hydrogen) atoms. The van der Waals surface area contributed by atoms with Gasteiger partial charge < -0.3 is 9.64 Å². The number of imidazole rings is 2. The summed E-state index contributed by atoms with van der Waals surface area (Å²) in [5.74, 6) is 1.42. The average molecular weight is 465 g/mol. The third-order valence-corrected chi connectivity index (χ3v) is 7.01. The van der Waals surface area contributed by atoms with E-state index >= 15 is 0 Å². The summed E-state index contributed by atoms with van der Waals surface area (Å²) in [6.07, 6.45) is 3.60. The van der Waals surface area contributed by atoms with Crippen LogP contribution in [0.2, 0.25) is 0 Å². The zero-order valence-corrected chi connectivity index (χ0v) is 20.4. The smallest absolute Gasteiger partial charge is 0.332 e. The lowest BCUT2D eigenvalue weighted by atomic mass is 10.1. The van der Waals surface area contributed by atoms with Crippen molar-refractivity contribution < 1.29 is 4.74 Å². The second kappa shape index (κ2) is 8.79. The summed E-state index contributed by atoms with van der Waals surface area (Å²) >= 11 is 0. The molecular weight excluding hydrogens is 432 g/mol. The predicted octanol–water partition coefficient (Wildman–Crippen LogP) is 2.64. The van der Waals surface area contributed by atoms with Crippen molar-refractivity contribution in [2.24, 2.45) is 7.05 Å². The van der Waals surface area contributed by atoms with Crippen molar-refractivity contribution in [3.05, 3.63) is 56.5 Å². The molecule has 9 heteroatoms. The van der Waals surface area contributed by atoms with Crippen LogP contribution in [0.4, 0.5) is 0 Å². The highest BCUT2D eigenvalue weighted by molar-refractivity contribution is 5.77. The molecule has 0 amide bonds.